The Bertz CT molecular complexity index is 342. The summed E-state index contributed by atoms with van der Waals surface area (Å²) in [6, 6.07) is 4.89. The Hall–Kier alpha value is -1.27. The molecule has 78 valence electrons. The highest BCUT2D eigenvalue weighted by Gasteiger charge is 2.05. The van der Waals surface area contributed by atoms with Crippen molar-refractivity contribution in [3.05, 3.63) is 18.2 Å². The zero-order chi connectivity index (χ0) is 10.6. The summed E-state index contributed by atoms with van der Waals surface area (Å²) in [5.41, 5.74) is 0.439. The maximum atomic E-state index is 10.5. The Balaban J connectivity index is 2.98. The Labute approximate surface area is 84.5 Å². The first-order valence-corrected chi connectivity index (χ1v) is 4.87. The monoisotopic (exact) mass is 217 g/mol. The molecule has 0 fully saturated rings. The molecular weight excluding hydrogens is 206 g/mol. The van der Waals surface area contributed by atoms with E-state index in [4.69, 9.17) is 14.0 Å². The number of ether oxygens (including phenoxy) is 2. The summed E-state index contributed by atoms with van der Waals surface area (Å²) in [5.74, 6) is 1.07. The normalized spacial score (nSPS) is 11.9. The molecule has 0 amide bonds. The molecule has 0 bridgehead atoms. The lowest BCUT2D eigenvalue weighted by Gasteiger charge is -2.09. The highest BCUT2D eigenvalue weighted by molar-refractivity contribution is 7.80. The third kappa shape index (κ3) is 2.61. The highest BCUT2D eigenvalue weighted by Crippen LogP contribution is 2.28. The minimum absolute atomic E-state index is 0.439. The van der Waals surface area contributed by atoms with Crippen molar-refractivity contribution in [1.82, 2.24) is 0 Å². The number of benzene rings is 1. The van der Waals surface area contributed by atoms with Crippen molar-refractivity contribution in [2.24, 2.45) is 0 Å². The van der Waals surface area contributed by atoms with Gasteiger partial charge < -0.3 is 9.47 Å². The van der Waals surface area contributed by atoms with Gasteiger partial charge in [0, 0.05) is 6.07 Å². The third-order valence-electron chi connectivity index (χ3n) is 1.61. The van der Waals surface area contributed by atoms with Crippen LogP contribution in [0.4, 0.5) is 5.69 Å². The van der Waals surface area contributed by atoms with Crippen LogP contribution in [0.3, 0.4) is 0 Å². The van der Waals surface area contributed by atoms with Crippen LogP contribution >= 0.6 is 0 Å². The number of anilines is 1. The van der Waals surface area contributed by atoms with E-state index in [1.54, 1.807) is 18.2 Å². The second kappa shape index (κ2) is 4.83. The molecule has 1 aromatic rings. The van der Waals surface area contributed by atoms with Gasteiger partial charge in [0.15, 0.2) is 0 Å². The summed E-state index contributed by atoms with van der Waals surface area (Å²) in [6.07, 6.45) is 0. The number of nitrogens with one attached hydrogen (secondary N) is 1. The predicted octanol–water partition coefficient (Wildman–Crippen LogP) is 1.25. The lowest BCUT2D eigenvalue weighted by atomic mass is 10.3. The number of hydrogen-bond acceptors (Lipinski definition) is 3. The van der Waals surface area contributed by atoms with Gasteiger partial charge in [-0.3, -0.25) is 9.27 Å². The van der Waals surface area contributed by atoms with Crippen LogP contribution < -0.4 is 14.2 Å². The minimum Gasteiger partial charge on any atom is -0.497 e. The number of hydrogen-bond donors (Lipinski definition) is 2. The van der Waals surface area contributed by atoms with Crippen LogP contribution in [0.25, 0.3) is 0 Å². The molecule has 0 aliphatic rings. The second-order valence-corrected chi connectivity index (χ2v) is 3.12. The van der Waals surface area contributed by atoms with Crippen LogP contribution in [0.2, 0.25) is 0 Å². The SMILES string of the molecule is COc1ccc(NS(=O)O)c(OC)c1. The van der Waals surface area contributed by atoms with Crippen molar-refractivity contribution in [3.63, 3.8) is 0 Å². The van der Waals surface area contributed by atoms with Gasteiger partial charge >= 0.3 is 0 Å². The molecule has 0 spiro atoms. The Morgan fingerprint density at radius 1 is 1.36 bits per heavy atom. The third-order valence-corrected chi connectivity index (χ3v) is 2.00. The molecule has 0 aliphatic carbocycles. The van der Waals surface area contributed by atoms with Gasteiger partial charge in [0.25, 0.3) is 11.3 Å². The fourth-order valence-electron chi connectivity index (χ4n) is 0.977. The standard InChI is InChI=1S/C8H11NO4S/c1-12-6-3-4-7(9-14(10)11)8(5-6)13-2/h3-5,9H,1-2H3,(H,10,11). The van der Waals surface area contributed by atoms with Crippen molar-refractivity contribution < 1.29 is 18.2 Å². The lowest BCUT2D eigenvalue weighted by molar-refractivity contribution is 0.395. The quantitative estimate of drug-likeness (QED) is 0.745. The molecule has 14 heavy (non-hydrogen) atoms. The maximum absolute atomic E-state index is 10.5. The molecule has 1 unspecified atom stereocenters. The van der Waals surface area contributed by atoms with E-state index in [1.807, 2.05) is 0 Å². The first-order chi connectivity index (χ1) is 6.67. The van der Waals surface area contributed by atoms with E-state index in [-0.39, 0.29) is 0 Å². The fraction of sp³-hybridized carbons (Fsp3) is 0.250. The summed E-state index contributed by atoms with van der Waals surface area (Å²) in [6.45, 7) is 0. The predicted molar refractivity (Wildman–Crippen MR) is 53.9 cm³/mol. The molecular formula is C8H11NO4S. The molecule has 0 heterocycles. The molecule has 0 saturated carbocycles. The first kappa shape index (κ1) is 10.8. The zero-order valence-electron chi connectivity index (χ0n) is 7.81. The molecule has 2 N–H and O–H groups in total. The zero-order valence-corrected chi connectivity index (χ0v) is 8.63. The topological polar surface area (TPSA) is 67.8 Å². The molecule has 0 saturated heterocycles. The summed E-state index contributed by atoms with van der Waals surface area (Å²) >= 11 is -2.11. The molecule has 1 rings (SSSR count). The van der Waals surface area contributed by atoms with Crippen molar-refractivity contribution in [2.75, 3.05) is 18.9 Å². The molecule has 5 nitrogen and oxygen atoms in total. The van der Waals surface area contributed by atoms with Crippen molar-refractivity contribution in [2.45, 2.75) is 0 Å². The summed E-state index contributed by atoms with van der Waals surface area (Å²) in [4.78, 5) is 0. The van der Waals surface area contributed by atoms with Crippen LogP contribution in [-0.4, -0.2) is 23.0 Å². The van der Waals surface area contributed by atoms with Gasteiger partial charge in [0.05, 0.1) is 19.9 Å². The Kier molecular flexibility index (Phi) is 3.73. The molecule has 0 aliphatic heterocycles. The first-order valence-electron chi connectivity index (χ1n) is 3.77. The van der Waals surface area contributed by atoms with Crippen molar-refractivity contribution >= 4 is 17.0 Å². The van der Waals surface area contributed by atoms with Gasteiger partial charge in [0.1, 0.15) is 11.5 Å². The molecule has 1 aromatic carbocycles. The van der Waals surface area contributed by atoms with Crippen LogP contribution in [-0.2, 0) is 11.3 Å². The van der Waals surface area contributed by atoms with Gasteiger partial charge in [-0.25, -0.2) is 4.21 Å². The largest absolute Gasteiger partial charge is 0.497 e. The van der Waals surface area contributed by atoms with E-state index >= 15 is 0 Å². The smallest absolute Gasteiger partial charge is 0.259 e. The van der Waals surface area contributed by atoms with Gasteiger partial charge in [-0.2, -0.15) is 0 Å². The number of rotatable bonds is 4. The van der Waals surface area contributed by atoms with Crippen molar-refractivity contribution in [3.8, 4) is 11.5 Å². The Morgan fingerprint density at radius 2 is 2.07 bits per heavy atom. The van der Waals surface area contributed by atoms with Crippen molar-refractivity contribution in [1.29, 1.82) is 0 Å². The van der Waals surface area contributed by atoms with E-state index in [2.05, 4.69) is 4.72 Å². The minimum atomic E-state index is -2.11. The van der Waals surface area contributed by atoms with Gasteiger partial charge in [-0.15, -0.1) is 0 Å². The lowest BCUT2D eigenvalue weighted by Crippen LogP contribution is -2.03. The molecule has 1 atom stereocenters. The van der Waals surface area contributed by atoms with Gasteiger partial charge in [-0.1, -0.05) is 0 Å². The van der Waals surface area contributed by atoms with Crippen LogP contribution in [0, 0.1) is 0 Å². The van der Waals surface area contributed by atoms with E-state index in [0.29, 0.717) is 17.2 Å². The highest BCUT2D eigenvalue weighted by atomic mass is 32.2. The number of methoxy groups -OCH3 is 2. The van der Waals surface area contributed by atoms with Gasteiger partial charge in [0.2, 0.25) is 0 Å². The molecule has 0 radical (unpaired) electrons. The molecule has 0 aromatic heterocycles. The summed E-state index contributed by atoms with van der Waals surface area (Å²) < 4.78 is 31.4. The van der Waals surface area contributed by atoms with E-state index < -0.39 is 11.3 Å². The Morgan fingerprint density at radius 3 is 2.57 bits per heavy atom. The molecule has 6 heteroatoms. The average molecular weight is 217 g/mol. The van der Waals surface area contributed by atoms with Gasteiger partial charge in [-0.05, 0) is 12.1 Å². The fourth-order valence-corrected chi connectivity index (χ4v) is 1.33. The van der Waals surface area contributed by atoms with Crippen LogP contribution in [0.1, 0.15) is 0 Å². The average Bonchev–Trinajstić information content (AvgIpc) is 2.17. The summed E-state index contributed by atoms with van der Waals surface area (Å²) in [7, 11) is 3.01. The van der Waals surface area contributed by atoms with E-state index in [1.165, 1.54) is 14.2 Å². The maximum Gasteiger partial charge on any atom is 0.259 e. The van der Waals surface area contributed by atoms with Crippen LogP contribution in [0.5, 0.6) is 11.5 Å². The van der Waals surface area contributed by atoms with Crippen LogP contribution in [0.15, 0.2) is 18.2 Å². The summed E-state index contributed by atoms with van der Waals surface area (Å²) in [5, 5.41) is 0. The second-order valence-electron chi connectivity index (χ2n) is 2.42. The van der Waals surface area contributed by atoms with E-state index in [9.17, 15) is 4.21 Å². The van der Waals surface area contributed by atoms with E-state index in [0.717, 1.165) is 0 Å².